The third kappa shape index (κ3) is 3.10. The van der Waals surface area contributed by atoms with Gasteiger partial charge in [-0.3, -0.25) is 0 Å². The molecule has 6 heteroatoms. The number of pyridine rings is 1. The molecule has 0 amide bonds. The first-order chi connectivity index (χ1) is 7.49. The molecule has 0 aliphatic rings. The van der Waals surface area contributed by atoms with Crippen LogP contribution in [0.15, 0.2) is 12.1 Å². The Kier molecular flexibility index (Phi) is 4.12. The molecule has 0 saturated heterocycles. The quantitative estimate of drug-likeness (QED) is 0.869. The van der Waals surface area contributed by atoms with E-state index in [4.69, 9.17) is 10.5 Å². The van der Waals surface area contributed by atoms with E-state index in [0.29, 0.717) is 18.6 Å². The van der Waals surface area contributed by atoms with Gasteiger partial charge in [-0.05, 0) is 12.5 Å². The highest BCUT2D eigenvalue weighted by molar-refractivity contribution is 5.29. The Balaban J connectivity index is 3.01. The molecule has 0 bridgehead atoms. The molecular formula is C10H13F3N2O. The zero-order valence-corrected chi connectivity index (χ0v) is 8.84. The first-order valence-corrected chi connectivity index (χ1v) is 4.89. The van der Waals surface area contributed by atoms with Crippen molar-refractivity contribution in [2.75, 3.05) is 6.61 Å². The normalized spacial score (nSPS) is 11.6. The number of halogens is 3. The minimum atomic E-state index is -4.46. The summed E-state index contributed by atoms with van der Waals surface area (Å²) in [5.74, 6) is -0.0285. The molecule has 0 atom stereocenters. The summed E-state index contributed by atoms with van der Waals surface area (Å²) in [5, 5.41) is 0. The van der Waals surface area contributed by atoms with Crippen LogP contribution in [0.25, 0.3) is 0 Å². The minimum Gasteiger partial charge on any atom is -0.477 e. The van der Waals surface area contributed by atoms with Gasteiger partial charge in [-0.2, -0.15) is 13.2 Å². The zero-order chi connectivity index (χ0) is 12.2. The lowest BCUT2D eigenvalue weighted by Gasteiger charge is -2.11. The molecule has 3 nitrogen and oxygen atoms in total. The van der Waals surface area contributed by atoms with Crippen LogP contribution in [0.3, 0.4) is 0 Å². The summed E-state index contributed by atoms with van der Waals surface area (Å²) in [6, 6.07) is 2.20. The van der Waals surface area contributed by atoms with Crippen molar-refractivity contribution in [3.8, 4) is 5.88 Å². The molecule has 0 fully saturated rings. The molecule has 0 radical (unpaired) electrons. The number of nitrogens with zero attached hydrogens (tertiary/aromatic N) is 1. The van der Waals surface area contributed by atoms with Crippen molar-refractivity contribution >= 4 is 0 Å². The molecule has 2 N–H and O–H groups in total. The molecule has 1 aromatic rings. The Hall–Kier alpha value is -1.30. The third-order valence-electron chi connectivity index (χ3n) is 1.89. The highest BCUT2D eigenvalue weighted by atomic mass is 19.4. The van der Waals surface area contributed by atoms with Gasteiger partial charge < -0.3 is 10.5 Å². The predicted molar refractivity (Wildman–Crippen MR) is 52.9 cm³/mol. The van der Waals surface area contributed by atoms with Gasteiger partial charge in [-0.1, -0.05) is 13.0 Å². The average Bonchev–Trinajstić information content (AvgIpc) is 2.24. The molecule has 0 aromatic carbocycles. The number of hydrogen-bond acceptors (Lipinski definition) is 3. The maximum atomic E-state index is 12.4. The summed E-state index contributed by atoms with van der Waals surface area (Å²) < 4.78 is 42.3. The van der Waals surface area contributed by atoms with Crippen molar-refractivity contribution in [1.82, 2.24) is 4.98 Å². The maximum absolute atomic E-state index is 12.4. The largest absolute Gasteiger partial charge is 0.477 e. The molecule has 0 spiro atoms. The first-order valence-electron chi connectivity index (χ1n) is 4.89. The van der Waals surface area contributed by atoms with Crippen molar-refractivity contribution < 1.29 is 17.9 Å². The van der Waals surface area contributed by atoms with Gasteiger partial charge in [0, 0.05) is 12.1 Å². The standard InChI is InChI=1S/C10H13F3N2O/c1-2-5-16-9-7(6-14)3-4-8(15-9)10(11,12)13/h3-4H,2,5-6,14H2,1H3. The molecular weight excluding hydrogens is 221 g/mol. The van der Waals surface area contributed by atoms with Crippen molar-refractivity contribution in [1.29, 1.82) is 0 Å². The second-order valence-corrected chi connectivity index (χ2v) is 3.21. The van der Waals surface area contributed by atoms with Crippen molar-refractivity contribution in [2.45, 2.75) is 26.1 Å². The fourth-order valence-electron chi connectivity index (χ4n) is 1.11. The maximum Gasteiger partial charge on any atom is 0.433 e. The molecule has 0 unspecified atom stereocenters. The molecule has 0 saturated carbocycles. The SMILES string of the molecule is CCCOc1nc(C(F)(F)F)ccc1CN. The lowest BCUT2D eigenvalue weighted by atomic mass is 10.2. The molecule has 90 valence electrons. The summed E-state index contributed by atoms with van der Waals surface area (Å²) in [6.07, 6.45) is -3.76. The summed E-state index contributed by atoms with van der Waals surface area (Å²) in [5.41, 5.74) is 4.89. The molecule has 1 heterocycles. The third-order valence-corrected chi connectivity index (χ3v) is 1.89. The van der Waals surface area contributed by atoms with E-state index in [9.17, 15) is 13.2 Å². The Morgan fingerprint density at radius 1 is 1.38 bits per heavy atom. The van der Waals surface area contributed by atoms with Gasteiger partial charge in [0.1, 0.15) is 5.69 Å². The monoisotopic (exact) mass is 234 g/mol. The van der Waals surface area contributed by atoms with Gasteiger partial charge >= 0.3 is 6.18 Å². The van der Waals surface area contributed by atoms with E-state index in [0.717, 1.165) is 6.07 Å². The number of rotatable bonds is 4. The van der Waals surface area contributed by atoms with Gasteiger partial charge in [0.25, 0.3) is 0 Å². The first kappa shape index (κ1) is 12.8. The minimum absolute atomic E-state index is 0.0285. The fraction of sp³-hybridized carbons (Fsp3) is 0.500. The van der Waals surface area contributed by atoms with Crippen LogP contribution in [0.5, 0.6) is 5.88 Å². The summed E-state index contributed by atoms with van der Waals surface area (Å²) >= 11 is 0. The number of hydrogen-bond donors (Lipinski definition) is 1. The van der Waals surface area contributed by atoms with Gasteiger partial charge in [0.05, 0.1) is 6.61 Å². The van der Waals surface area contributed by atoms with Crippen LogP contribution in [0.4, 0.5) is 13.2 Å². The topological polar surface area (TPSA) is 48.1 Å². The fourth-order valence-corrected chi connectivity index (χ4v) is 1.11. The van der Waals surface area contributed by atoms with E-state index in [2.05, 4.69) is 4.98 Å². The molecule has 1 aromatic heterocycles. The second kappa shape index (κ2) is 5.16. The number of alkyl halides is 3. The van der Waals surface area contributed by atoms with E-state index in [1.807, 2.05) is 6.92 Å². The van der Waals surface area contributed by atoms with E-state index < -0.39 is 11.9 Å². The van der Waals surface area contributed by atoms with Crippen molar-refractivity contribution in [3.63, 3.8) is 0 Å². The van der Waals surface area contributed by atoms with Crippen LogP contribution in [0.2, 0.25) is 0 Å². The van der Waals surface area contributed by atoms with Crippen LogP contribution in [0, 0.1) is 0 Å². The number of ether oxygens (including phenoxy) is 1. The van der Waals surface area contributed by atoms with E-state index in [-0.39, 0.29) is 12.4 Å². The highest BCUT2D eigenvalue weighted by Crippen LogP contribution is 2.30. The summed E-state index contributed by atoms with van der Waals surface area (Å²) in [4.78, 5) is 3.43. The smallest absolute Gasteiger partial charge is 0.433 e. The summed E-state index contributed by atoms with van der Waals surface area (Å²) in [6.45, 7) is 2.28. The predicted octanol–water partition coefficient (Wildman–Crippen LogP) is 2.35. The summed E-state index contributed by atoms with van der Waals surface area (Å²) in [7, 11) is 0. The Morgan fingerprint density at radius 2 is 2.06 bits per heavy atom. The van der Waals surface area contributed by atoms with E-state index in [1.165, 1.54) is 6.07 Å². The molecule has 1 rings (SSSR count). The van der Waals surface area contributed by atoms with E-state index in [1.54, 1.807) is 0 Å². The highest BCUT2D eigenvalue weighted by Gasteiger charge is 2.33. The van der Waals surface area contributed by atoms with Crippen LogP contribution in [-0.2, 0) is 12.7 Å². The van der Waals surface area contributed by atoms with E-state index >= 15 is 0 Å². The Morgan fingerprint density at radius 3 is 2.56 bits per heavy atom. The van der Waals surface area contributed by atoms with Crippen LogP contribution < -0.4 is 10.5 Å². The molecule has 0 aliphatic heterocycles. The van der Waals surface area contributed by atoms with Crippen molar-refractivity contribution in [3.05, 3.63) is 23.4 Å². The lowest BCUT2D eigenvalue weighted by Crippen LogP contribution is -2.12. The zero-order valence-electron chi connectivity index (χ0n) is 8.84. The van der Waals surface area contributed by atoms with Crippen LogP contribution in [0.1, 0.15) is 24.6 Å². The number of aromatic nitrogens is 1. The van der Waals surface area contributed by atoms with Crippen molar-refractivity contribution in [2.24, 2.45) is 5.73 Å². The van der Waals surface area contributed by atoms with Gasteiger partial charge in [0.15, 0.2) is 0 Å². The molecule has 0 aliphatic carbocycles. The van der Waals surface area contributed by atoms with Gasteiger partial charge in [-0.25, -0.2) is 4.98 Å². The average molecular weight is 234 g/mol. The Labute approximate surface area is 91.4 Å². The lowest BCUT2D eigenvalue weighted by molar-refractivity contribution is -0.141. The number of nitrogens with two attached hydrogens (primary N) is 1. The molecule has 16 heavy (non-hydrogen) atoms. The Bertz CT molecular complexity index is 352. The second-order valence-electron chi connectivity index (χ2n) is 3.21. The van der Waals surface area contributed by atoms with Gasteiger partial charge in [-0.15, -0.1) is 0 Å². The van der Waals surface area contributed by atoms with Crippen LogP contribution >= 0.6 is 0 Å². The van der Waals surface area contributed by atoms with Gasteiger partial charge in [0.2, 0.25) is 5.88 Å². The van der Waals surface area contributed by atoms with Crippen LogP contribution in [-0.4, -0.2) is 11.6 Å².